The maximum absolute atomic E-state index is 15.0. The van der Waals surface area contributed by atoms with Crippen LogP contribution >= 0.6 is 23.2 Å². The number of hydrogen-bond acceptors (Lipinski definition) is 3. The Hall–Kier alpha value is -2.37. The molecule has 4 atom stereocenters. The lowest BCUT2D eigenvalue weighted by molar-refractivity contribution is -0.179. The van der Waals surface area contributed by atoms with Crippen LogP contribution in [0.25, 0.3) is 0 Å². The Labute approximate surface area is 221 Å². The maximum atomic E-state index is 15.0. The summed E-state index contributed by atoms with van der Waals surface area (Å²) >= 11 is 12.2. The topological polar surface area (TPSA) is 91.7 Å². The molecule has 2 aliphatic rings. The fraction of sp³-hybridized carbons (Fsp3) is 0.483. The van der Waals surface area contributed by atoms with Gasteiger partial charge >= 0.3 is 11.9 Å². The van der Waals surface area contributed by atoms with Crippen molar-refractivity contribution in [1.29, 1.82) is 0 Å². The molecule has 4 unspecified atom stereocenters. The van der Waals surface area contributed by atoms with Gasteiger partial charge in [-0.25, -0.2) is 0 Å². The van der Waals surface area contributed by atoms with Gasteiger partial charge in [-0.05, 0) is 61.1 Å². The Balaban J connectivity index is 1.99. The number of rotatable bonds is 6. The van der Waals surface area contributed by atoms with Gasteiger partial charge in [-0.1, -0.05) is 87.0 Å². The molecule has 2 saturated carbocycles. The van der Waals surface area contributed by atoms with E-state index in [-0.39, 0.29) is 12.8 Å². The molecule has 0 aromatic heterocycles. The molecule has 0 aliphatic heterocycles. The predicted octanol–water partition coefficient (Wildman–Crippen LogP) is 7.07. The second kappa shape index (κ2) is 9.50. The Morgan fingerprint density at radius 2 is 0.917 bits per heavy atom. The number of carboxylic acid groups (broad SMARTS) is 2. The molecule has 4 rings (SSSR count). The Morgan fingerprint density at radius 1 is 0.611 bits per heavy atom. The molecule has 0 amide bonds. The normalized spacial score (nSPS) is 32.6. The van der Waals surface area contributed by atoms with E-state index >= 15 is 0 Å². The van der Waals surface area contributed by atoms with E-state index < -0.39 is 39.4 Å². The molecule has 0 spiro atoms. The quantitative estimate of drug-likeness (QED) is 0.389. The zero-order chi connectivity index (χ0) is 26.4. The number of halogens is 2. The van der Waals surface area contributed by atoms with Crippen LogP contribution in [-0.2, 0) is 25.2 Å². The van der Waals surface area contributed by atoms with Crippen molar-refractivity contribution >= 4 is 40.9 Å². The van der Waals surface area contributed by atoms with E-state index in [4.69, 9.17) is 23.2 Å². The van der Waals surface area contributed by atoms with Gasteiger partial charge < -0.3 is 10.2 Å². The molecule has 2 aromatic carbocycles. The van der Waals surface area contributed by atoms with Crippen molar-refractivity contribution in [2.45, 2.75) is 76.0 Å². The first kappa shape index (κ1) is 26.7. The molecule has 2 aromatic rings. The molecule has 7 heteroatoms. The highest BCUT2D eigenvalue weighted by Gasteiger charge is 2.71. The molecular weight excluding hydrogens is 499 g/mol. The van der Waals surface area contributed by atoms with E-state index in [0.717, 1.165) is 12.8 Å². The first-order valence-electron chi connectivity index (χ1n) is 12.5. The highest BCUT2D eigenvalue weighted by Crippen LogP contribution is 2.61. The molecule has 0 bridgehead atoms. The lowest BCUT2D eigenvalue weighted by atomic mass is 9.43. The largest absolute Gasteiger partial charge is 0.480 e. The molecule has 0 heterocycles. The maximum Gasteiger partial charge on any atom is 0.318 e. The van der Waals surface area contributed by atoms with Crippen molar-refractivity contribution in [2.75, 3.05) is 0 Å². The molecule has 2 aliphatic carbocycles. The van der Waals surface area contributed by atoms with Gasteiger partial charge in [0.1, 0.15) is 10.8 Å². The summed E-state index contributed by atoms with van der Waals surface area (Å²) in [5.41, 5.74) is -4.62. The molecule has 5 nitrogen and oxygen atoms in total. The lowest BCUT2D eigenvalue weighted by Crippen LogP contribution is -2.67. The fourth-order valence-electron chi connectivity index (χ4n) is 7.11. The SMILES string of the molecule is CC1(c2ccc(Cl)cc2)CCCCC1(C(=O)O)C(=O)C1(C(=O)O)CCCCC1(C)c1ccc(Cl)cc1. The highest BCUT2D eigenvalue weighted by molar-refractivity contribution is 6.30. The molecule has 2 N–H and O–H groups in total. The van der Waals surface area contributed by atoms with Gasteiger partial charge in [0, 0.05) is 20.9 Å². The molecular formula is C29H32Cl2O5. The molecule has 0 saturated heterocycles. The number of aliphatic carboxylic acids is 2. The van der Waals surface area contributed by atoms with Crippen LogP contribution in [0.4, 0.5) is 0 Å². The summed E-state index contributed by atoms with van der Waals surface area (Å²) in [6.45, 7) is 3.61. The summed E-state index contributed by atoms with van der Waals surface area (Å²) in [5.74, 6) is -3.20. The van der Waals surface area contributed by atoms with Crippen molar-refractivity contribution < 1.29 is 24.6 Å². The first-order valence-corrected chi connectivity index (χ1v) is 13.3. The van der Waals surface area contributed by atoms with Crippen LogP contribution in [0.5, 0.6) is 0 Å². The number of hydrogen-bond donors (Lipinski definition) is 2. The summed E-state index contributed by atoms with van der Waals surface area (Å²) in [4.78, 5) is 41.6. The highest BCUT2D eigenvalue weighted by atomic mass is 35.5. The molecule has 36 heavy (non-hydrogen) atoms. The van der Waals surface area contributed by atoms with Crippen LogP contribution in [0, 0.1) is 10.8 Å². The van der Waals surface area contributed by atoms with Crippen molar-refractivity contribution in [3.63, 3.8) is 0 Å². The predicted molar refractivity (Wildman–Crippen MR) is 140 cm³/mol. The minimum absolute atomic E-state index is 0.0893. The minimum atomic E-state index is -1.90. The summed E-state index contributed by atoms with van der Waals surface area (Å²) in [7, 11) is 0. The Kier molecular flexibility index (Phi) is 7.04. The smallest absolute Gasteiger partial charge is 0.318 e. The first-order chi connectivity index (χ1) is 17.0. The van der Waals surface area contributed by atoms with E-state index in [9.17, 15) is 24.6 Å². The van der Waals surface area contributed by atoms with Crippen LogP contribution in [0.2, 0.25) is 10.0 Å². The van der Waals surface area contributed by atoms with Crippen molar-refractivity contribution in [1.82, 2.24) is 0 Å². The molecule has 2 fully saturated rings. The van der Waals surface area contributed by atoms with Crippen LogP contribution in [0.1, 0.15) is 76.3 Å². The lowest BCUT2D eigenvalue weighted by Gasteiger charge is -2.56. The number of carbonyl (C=O) groups is 3. The van der Waals surface area contributed by atoms with Gasteiger partial charge in [-0.3, -0.25) is 14.4 Å². The average molecular weight is 531 g/mol. The summed E-state index contributed by atoms with van der Waals surface area (Å²) in [6.07, 6.45) is 3.66. The van der Waals surface area contributed by atoms with Gasteiger partial charge in [-0.15, -0.1) is 0 Å². The number of carbonyl (C=O) groups excluding carboxylic acids is 1. The number of Topliss-reactive ketones (excluding diaryl/α,β-unsaturated/α-hetero) is 1. The minimum Gasteiger partial charge on any atom is -0.480 e. The van der Waals surface area contributed by atoms with Gasteiger partial charge in [-0.2, -0.15) is 0 Å². The van der Waals surface area contributed by atoms with Crippen LogP contribution in [0.3, 0.4) is 0 Å². The van der Waals surface area contributed by atoms with Gasteiger partial charge in [0.05, 0.1) is 0 Å². The van der Waals surface area contributed by atoms with Crippen molar-refractivity contribution in [2.24, 2.45) is 10.8 Å². The molecule has 0 radical (unpaired) electrons. The van der Waals surface area contributed by atoms with Crippen molar-refractivity contribution in [3.8, 4) is 0 Å². The summed E-state index contributed by atoms with van der Waals surface area (Å²) < 4.78 is 0. The van der Waals surface area contributed by atoms with Gasteiger partial charge in [0.15, 0.2) is 5.78 Å². The van der Waals surface area contributed by atoms with Crippen LogP contribution < -0.4 is 0 Å². The standard InChI is InChI=1S/C29H32Cl2O5/c1-26(19-7-11-21(30)12-8-19)15-3-5-17-28(26,24(33)34)23(32)29(25(35)36)18-6-4-16-27(29,2)20-9-13-22(31)14-10-20/h7-14H,3-6,15-18H2,1-2H3,(H,33,34)(H,35,36). The van der Waals surface area contributed by atoms with Gasteiger partial charge in [0.2, 0.25) is 0 Å². The van der Waals surface area contributed by atoms with Crippen LogP contribution in [-0.4, -0.2) is 27.9 Å². The zero-order valence-electron chi connectivity index (χ0n) is 20.7. The monoisotopic (exact) mass is 530 g/mol. The second-order valence-electron chi connectivity index (χ2n) is 10.8. The third kappa shape index (κ3) is 3.69. The Morgan fingerprint density at radius 3 is 1.22 bits per heavy atom. The third-order valence-electron chi connectivity index (χ3n) is 9.31. The van der Waals surface area contributed by atoms with Crippen molar-refractivity contribution in [3.05, 3.63) is 69.7 Å². The van der Waals surface area contributed by atoms with Crippen LogP contribution in [0.15, 0.2) is 48.5 Å². The number of ketones is 1. The van der Waals surface area contributed by atoms with E-state index in [0.29, 0.717) is 46.9 Å². The average Bonchev–Trinajstić information content (AvgIpc) is 2.84. The third-order valence-corrected chi connectivity index (χ3v) is 9.81. The van der Waals surface area contributed by atoms with E-state index in [1.54, 1.807) is 62.4 Å². The summed E-state index contributed by atoms with van der Waals surface area (Å²) in [6, 6.07) is 13.9. The Bertz CT molecular complexity index is 1090. The fourth-order valence-corrected chi connectivity index (χ4v) is 7.36. The number of carboxylic acids is 2. The number of benzene rings is 2. The van der Waals surface area contributed by atoms with Gasteiger partial charge in [0.25, 0.3) is 0 Å². The zero-order valence-corrected chi connectivity index (χ0v) is 22.2. The summed E-state index contributed by atoms with van der Waals surface area (Å²) in [5, 5.41) is 22.7. The molecule has 192 valence electrons. The van der Waals surface area contributed by atoms with E-state index in [1.165, 1.54) is 0 Å². The second-order valence-corrected chi connectivity index (χ2v) is 11.7. The van der Waals surface area contributed by atoms with E-state index in [2.05, 4.69) is 0 Å². The van der Waals surface area contributed by atoms with E-state index in [1.807, 2.05) is 0 Å².